The summed E-state index contributed by atoms with van der Waals surface area (Å²) in [4.78, 5) is 22.4. The molecule has 23 heavy (non-hydrogen) atoms. The van der Waals surface area contributed by atoms with Crippen molar-refractivity contribution in [2.45, 2.75) is 25.3 Å². The Kier molecular flexibility index (Phi) is 3.65. The van der Waals surface area contributed by atoms with E-state index < -0.39 is 0 Å². The molecule has 1 aromatic heterocycles. The van der Waals surface area contributed by atoms with E-state index >= 15 is 0 Å². The molecule has 1 saturated heterocycles. The Bertz CT molecular complexity index is 697. The number of nitrogens with one attached hydrogen (secondary N) is 3. The average Bonchev–Trinajstić information content (AvgIpc) is 3.20. The highest BCUT2D eigenvalue weighted by Crippen LogP contribution is 2.32. The van der Waals surface area contributed by atoms with Gasteiger partial charge in [-0.1, -0.05) is 0 Å². The van der Waals surface area contributed by atoms with Crippen molar-refractivity contribution in [1.29, 1.82) is 0 Å². The van der Waals surface area contributed by atoms with E-state index in [1.807, 2.05) is 29.3 Å². The van der Waals surface area contributed by atoms with E-state index in [4.69, 9.17) is 0 Å². The lowest BCUT2D eigenvalue weighted by atomic mass is 10.1. The maximum atomic E-state index is 13.0. The minimum absolute atomic E-state index is 0.0578. The fraction of sp³-hybridized carbons (Fsp3) is 0.412. The number of hydrogen-bond donors (Lipinski definition) is 3. The summed E-state index contributed by atoms with van der Waals surface area (Å²) in [5.41, 5.74) is 2.82. The van der Waals surface area contributed by atoms with Crippen molar-refractivity contribution >= 4 is 17.3 Å². The van der Waals surface area contributed by atoms with Gasteiger partial charge in [0.1, 0.15) is 5.82 Å². The van der Waals surface area contributed by atoms with Gasteiger partial charge in [-0.25, -0.2) is 4.98 Å². The quantitative estimate of drug-likeness (QED) is 0.797. The molecular formula is C17H21N5O. The van der Waals surface area contributed by atoms with Crippen molar-refractivity contribution in [2.24, 2.45) is 0 Å². The van der Waals surface area contributed by atoms with Gasteiger partial charge < -0.3 is 20.5 Å². The summed E-state index contributed by atoms with van der Waals surface area (Å²) >= 11 is 0. The van der Waals surface area contributed by atoms with Gasteiger partial charge >= 0.3 is 0 Å². The second-order valence-corrected chi connectivity index (χ2v) is 6.10. The highest BCUT2D eigenvalue weighted by molar-refractivity contribution is 5.96. The number of hydrogen-bond acceptors (Lipinski definition) is 4. The standard InChI is InChI=1S/C17H21N5O/c23-17(22-10-1-3-15(22)16-20-8-9-21-16)12-4-5-13-14(11-12)19-7-2-6-18-13/h4-5,8-9,11,15,18-19H,1-3,6-7,10H2,(H,20,21). The number of aromatic amines is 1. The van der Waals surface area contributed by atoms with E-state index in [1.54, 1.807) is 6.20 Å². The number of amides is 1. The number of rotatable bonds is 2. The molecule has 2 aliphatic rings. The molecule has 6 nitrogen and oxygen atoms in total. The summed E-state index contributed by atoms with van der Waals surface area (Å²) in [5, 5.41) is 6.79. The molecule has 1 unspecified atom stereocenters. The molecule has 0 spiro atoms. The Morgan fingerprint density at radius 2 is 2.04 bits per heavy atom. The Hall–Kier alpha value is -2.50. The van der Waals surface area contributed by atoms with Gasteiger partial charge in [-0.3, -0.25) is 4.79 Å². The van der Waals surface area contributed by atoms with Gasteiger partial charge in [-0.15, -0.1) is 0 Å². The van der Waals surface area contributed by atoms with Crippen LogP contribution in [-0.4, -0.2) is 40.4 Å². The van der Waals surface area contributed by atoms with Crippen LogP contribution in [0.3, 0.4) is 0 Å². The number of nitrogens with zero attached hydrogens (tertiary/aromatic N) is 2. The van der Waals surface area contributed by atoms with Crippen LogP contribution in [0.2, 0.25) is 0 Å². The van der Waals surface area contributed by atoms with Gasteiger partial charge in [0.15, 0.2) is 0 Å². The van der Waals surface area contributed by atoms with Crippen LogP contribution in [0.1, 0.15) is 41.5 Å². The van der Waals surface area contributed by atoms with E-state index in [9.17, 15) is 4.79 Å². The number of imidazole rings is 1. The zero-order valence-corrected chi connectivity index (χ0v) is 13.0. The highest BCUT2D eigenvalue weighted by Gasteiger charge is 2.32. The topological polar surface area (TPSA) is 73.1 Å². The number of benzene rings is 1. The van der Waals surface area contributed by atoms with Crippen molar-refractivity contribution in [3.63, 3.8) is 0 Å². The highest BCUT2D eigenvalue weighted by atomic mass is 16.2. The predicted molar refractivity (Wildman–Crippen MR) is 89.6 cm³/mol. The third-order valence-corrected chi connectivity index (χ3v) is 4.60. The number of aromatic nitrogens is 2. The summed E-state index contributed by atoms with van der Waals surface area (Å²) in [5.74, 6) is 0.961. The van der Waals surface area contributed by atoms with E-state index in [0.29, 0.717) is 0 Å². The van der Waals surface area contributed by atoms with Crippen LogP contribution in [0.25, 0.3) is 0 Å². The molecule has 1 amide bonds. The summed E-state index contributed by atoms with van der Waals surface area (Å²) in [6.07, 6.45) is 6.61. The van der Waals surface area contributed by atoms with Crippen molar-refractivity contribution in [1.82, 2.24) is 14.9 Å². The molecule has 3 heterocycles. The number of carbonyl (C=O) groups excluding carboxylic acids is 1. The molecule has 6 heteroatoms. The maximum absolute atomic E-state index is 13.0. The molecule has 120 valence electrons. The van der Waals surface area contributed by atoms with Crippen molar-refractivity contribution in [3.05, 3.63) is 42.0 Å². The molecule has 2 aliphatic heterocycles. The zero-order valence-electron chi connectivity index (χ0n) is 13.0. The summed E-state index contributed by atoms with van der Waals surface area (Å²) in [6.45, 7) is 2.67. The van der Waals surface area contributed by atoms with Crippen LogP contribution in [0, 0.1) is 0 Å². The summed E-state index contributed by atoms with van der Waals surface area (Å²) < 4.78 is 0. The van der Waals surface area contributed by atoms with Gasteiger partial charge in [0.2, 0.25) is 0 Å². The molecule has 1 aromatic carbocycles. The van der Waals surface area contributed by atoms with Gasteiger partial charge in [0, 0.05) is 37.6 Å². The third kappa shape index (κ3) is 2.65. The van der Waals surface area contributed by atoms with Gasteiger partial charge in [-0.2, -0.15) is 0 Å². The van der Waals surface area contributed by atoms with E-state index in [-0.39, 0.29) is 11.9 Å². The minimum Gasteiger partial charge on any atom is -0.383 e. The summed E-state index contributed by atoms with van der Waals surface area (Å²) in [6, 6.07) is 5.94. The Labute approximate surface area is 135 Å². The number of carbonyl (C=O) groups is 1. The van der Waals surface area contributed by atoms with E-state index in [0.717, 1.165) is 61.7 Å². The number of H-pyrrole nitrogens is 1. The molecule has 0 bridgehead atoms. The predicted octanol–water partition coefficient (Wildman–Crippen LogP) is 2.61. The monoisotopic (exact) mass is 311 g/mol. The molecule has 4 rings (SSSR count). The van der Waals surface area contributed by atoms with Crippen molar-refractivity contribution in [3.8, 4) is 0 Å². The summed E-state index contributed by atoms with van der Waals surface area (Å²) in [7, 11) is 0. The van der Waals surface area contributed by atoms with Crippen LogP contribution >= 0.6 is 0 Å². The molecule has 0 saturated carbocycles. The SMILES string of the molecule is O=C(c1ccc2c(c1)NCCCN2)N1CCCC1c1ncc[nH]1. The first-order valence-corrected chi connectivity index (χ1v) is 8.25. The van der Waals surface area contributed by atoms with E-state index in [1.165, 1.54) is 0 Å². The lowest BCUT2D eigenvalue weighted by Gasteiger charge is -2.23. The molecule has 3 N–H and O–H groups in total. The average molecular weight is 311 g/mol. The third-order valence-electron chi connectivity index (χ3n) is 4.60. The smallest absolute Gasteiger partial charge is 0.254 e. The number of anilines is 2. The molecular weight excluding hydrogens is 290 g/mol. The first kappa shape index (κ1) is 14.1. The number of likely N-dealkylation sites (tertiary alicyclic amines) is 1. The minimum atomic E-state index is 0.0578. The van der Waals surface area contributed by atoms with Crippen molar-refractivity contribution < 1.29 is 4.79 Å². The molecule has 1 atom stereocenters. The fourth-order valence-corrected chi connectivity index (χ4v) is 3.43. The zero-order chi connectivity index (χ0) is 15.6. The first-order chi connectivity index (χ1) is 11.3. The van der Waals surface area contributed by atoms with Crippen molar-refractivity contribution in [2.75, 3.05) is 30.3 Å². The first-order valence-electron chi connectivity index (χ1n) is 8.25. The second-order valence-electron chi connectivity index (χ2n) is 6.10. The van der Waals surface area contributed by atoms with Gasteiger partial charge in [0.05, 0.1) is 17.4 Å². The Morgan fingerprint density at radius 1 is 1.17 bits per heavy atom. The normalized spacial score (nSPS) is 20.3. The fourth-order valence-electron chi connectivity index (χ4n) is 3.43. The van der Waals surface area contributed by atoms with Gasteiger partial charge in [-0.05, 0) is 37.5 Å². The van der Waals surface area contributed by atoms with E-state index in [2.05, 4.69) is 20.6 Å². The van der Waals surface area contributed by atoms with Gasteiger partial charge in [0.25, 0.3) is 5.91 Å². The van der Waals surface area contributed by atoms with Crippen LogP contribution in [0.5, 0.6) is 0 Å². The maximum Gasteiger partial charge on any atom is 0.254 e. The van der Waals surface area contributed by atoms with Crippen LogP contribution in [-0.2, 0) is 0 Å². The Morgan fingerprint density at radius 3 is 2.87 bits per heavy atom. The van der Waals surface area contributed by atoms with Crippen LogP contribution in [0.4, 0.5) is 11.4 Å². The molecule has 0 aliphatic carbocycles. The molecule has 1 fully saturated rings. The second kappa shape index (κ2) is 5.95. The lowest BCUT2D eigenvalue weighted by molar-refractivity contribution is 0.0730. The Balaban J connectivity index is 1.60. The van der Waals surface area contributed by atoms with Crippen LogP contribution in [0.15, 0.2) is 30.6 Å². The number of fused-ring (bicyclic) bond motifs is 1. The largest absolute Gasteiger partial charge is 0.383 e. The van der Waals surface area contributed by atoms with Crippen LogP contribution < -0.4 is 10.6 Å². The lowest BCUT2D eigenvalue weighted by Crippen LogP contribution is -2.31. The molecule has 0 radical (unpaired) electrons. The molecule has 2 aromatic rings.